The number of piperidine rings is 1. The Morgan fingerprint density at radius 3 is 3.08 bits per heavy atom. The van der Waals surface area contributed by atoms with E-state index < -0.39 is 6.09 Å². The van der Waals surface area contributed by atoms with Crippen LogP contribution in [0.1, 0.15) is 12.8 Å². The second kappa shape index (κ2) is 2.94. The lowest BCUT2D eigenvalue weighted by Crippen LogP contribution is -2.45. The number of fused-ring (bicyclic) bond motifs is 1. The van der Waals surface area contributed by atoms with Gasteiger partial charge in [-0.3, -0.25) is 0 Å². The highest BCUT2D eigenvalue weighted by molar-refractivity contribution is 5.66. The minimum atomic E-state index is -0.746. The Hall–Kier alpha value is -0.770. The molecule has 0 saturated carbocycles. The first-order chi connectivity index (χ1) is 5.79. The number of nitrogens with zero attached hydrogens (tertiary/aromatic N) is 1. The number of rotatable bonds is 0. The van der Waals surface area contributed by atoms with Crippen LogP contribution in [0.3, 0.4) is 0 Å². The smallest absolute Gasteiger partial charge is 0.407 e. The molecule has 12 heavy (non-hydrogen) atoms. The minimum absolute atomic E-state index is 0.295. The lowest BCUT2D eigenvalue weighted by molar-refractivity contribution is 0.127. The number of carbonyl (C=O) groups is 1. The SMILES string of the molecule is O=C(O)N1CC[C@H]2CNCCC21. The van der Waals surface area contributed by atoms with Crippen LogP contribution < -0.4 is 5.32 Å². The van der Waals surface area contributed by atoms with E-state index in [2.05, 4.69) is 5.32 Å². The summed E-state index contributed by atoms with van der Waals surface area (Å²) in [6, 6.07) is 0.295. The van der Waals surface area contributed by atoms with Crippen molar-refractivity contribution in [2.45, 2.75) is 18.9 Å². The maximum absolute atomic E-state index is 10.8. The van der Waals surface area contributed by atoms with Crippen LogP contribution in [0, 0.1) is 5.92 Å². The van der Waals surface area contributed by atoms with Gasteiger partial charge in [0, 0.05) is 12.6 Å². The number of carboxylic acid groups (broad SMARTS) is 1. The molecule has 0 aromatic heterocycles. The fourth-order valence-electron chi connectivity index (χ4n) is 2.32. The molecule has 0 aromatic rings. The monoisotopic (exact) mass is 170 g/mol. The summed E-state index contributed by atoms with van der Waals surface area (Å²) in [5.41, 5.74) is 0. The first kappa shape index (κ1) is 7.86. The summed E-state index contributed by atoms with van der Waals surface area (Å²) < 4.78 is 0. The summed E-state index contributed by atoms with van der Waals surface area (Å²) >= 11 is 0. The lowest BCUT2D eigenvalue weighted by atomic mass is 9.94. The molecule has 2 atom stereocenters. The zero-order valence-corrected chi connectivity index (χ0v) is 6.99. The minimum Gasteiger partial charge on any atom is -0.465 e. The topological polar surface area (TPSA) is 52.6 Å². The Labute approximate surface area is 71.5 Å². The summed E-state index contributed by atoms with van der Waals surface area (Å²) in [6.45, 7) is 2.69. The highest BCUT2D eigenvalue weighted by Gasteiger charge is 2.37. The van der Waals surface area contributed by atoms with Crippen molar-refractivity contribution >= 4 is 6.09 Å². The van der Waals surface area contributed by atoms with Crippen molar-refractivity contribution in [1.82, 2.24) is 10.2 Å². The number of amides is 1. The maximum atomic E-state index is 10.8. The molecule has 0 radical (unpaired) electrons. The van der Waals surface area contributed by atoms with Crippen molar-refractivity contribution in [3.63, 3.8) is 0 Å². The van der Waals surface area contributed by atoms with E-state index in [9.17, 15) is 4.79 Å². The number of likely N-dealkylation sites (tertiary alicyclic amines) is 1. The highest BCUT2D eigenvalue weighted by atomic mass is 16.4. The van der Waals surface area contributed by atoms with Gasteiger partial charge in [0.15, 0.2) is 0 Å². The Balaban J connectivity index is 2.05. The van der Waals surface area contributed by atoms with E-state index in [-0.39, 0.29) is 0 Å². The van der Waals surface area contributed by atoms with Crippen LogP contribution in [0.15, 0.2) is 0 Å². The predicted molar refractivity (Wildman–Crippen MR) is 44.1 cm³/mol. The molecular weight excluding hydrogens is 156 g/mol. The average Bonchev–Trinajstić information content (AvgIpc) is 2.47. The molecule has 2 aliphatic rings. The first-order valence-electron chi connectivity index (χ1n) is 4.49. The molecule has 1 amide bonds. The molecule has 0 spiro atoms. The molecule has 2 heterocycles. The van der Waals surface area contributed by atoms with Crippen LogP contribution in [0.2, 0.25) is 0 Å². The molecule has 4 nitrogen and oxygen atoms in total. The summed E-state index contributed by atoms with van der Waals surface area (Å²) in [5.74, 6) is 0.565. The standard InChI is InChI=1S/C8H14N2O2/c11-8(12)10-4-2-6-5-9-3-1-7(6)10/h6-7,9H,1-5H2,(H,11,12)/t6-,7?/m0/s1. The summed E-state index contributed by atoms with van der Waals surface area (Å²) in [4.78, 5) is 12.4. The maximum Gasteiger partial charge on any atom is 0.407 e. The lowest BCUT2D eigenvalue weighted by Gasteiger charge is -2.30. The van der Waals surface area contributed by atoms with Gasteiger partial charge in [-0.1, -0.05) is 0 Å². The van der Waals surface area contributed by atoms with Crippen LogP contribution in [-0.2, 0) is 0 Å². The van der Waals surface area contributed by atoms with Gasteiger partial charge in [-0.05, 0) is 31.8 Å². The van der Waals surface area contributed by atoms with Crippen molar-refractivity contribution in [2.75, 3.05) is 19.6 Å². The van der Waals surface area contributed by atoms with Crippen LogP contribution in [0.25, 0.3) is 0 Å². The third-order valence-electron chi connectivity index (χ3n) is 2.95. The largest absolute Gasteiger partial charge is 0.465 e. The molecule has 2 fully saturated rings. The van der Waals surface area contributed by atoms with E-state index in [1.807, 2.05) is 0 Å². The predicted octanol–water partition coefficient (Wildman–Crippen LogP) is 0.348. The van der Waals surface area contributed by atoms with Gasteiger partial charge in [0.25, 0.3) is 0 Å². The van der Waals surface area contributed by atoms with Gasteiger partial charge in [0.1, 0.15) is 0 Å². The fraction of sp³-hybridized carbons (Fsp3) is 0.875. The van der Waals surface area contributed by atoms with E-state index in [0.717, 1.165) is 32.5 Å². The molecule has 4 heteroatoms. The van der Waals surface area contributed by atoms with E-state index >= 15 is 0 Å². The molecule has 68 valence electrons. The Morgan fingerprint density at radius 1 is 1.50 bits per heavy atom. The van der Waals surface area contributed by atoms with Crippen LogP contribution in [-0.4, -0.2) is 41.8 Å². The zero-order chi connectivity index (χ0) is 8.55. The van der Waals surface area contributed by atoms with Gasteiger partial charge in [-0.15, -0.1) is 0 Å². The van der Waals surface area contributed by atoms with Crippen LogP contribution >= 0.6 is 0 Å². The second-order valence-corrected chi connectivity index (χ2v) is 3.58. The van der Waals surface area contributed by atoms with E-state index in [4.69, 9.17) is 5.11 Å². The van der Waals surface area contributed by atoms with Gasteiger partial charge in [-0.2, -0.15) is 0 Å². The third kappa shape index (κ3) is 1.16. The molecule has 2 N–H and O–H groups in total. The fourth-order valence-corrected chi connectivity index (χ4v) is 2.32. The van der Waals surface area contributed by atoms with Crippen molar-refractivity contribution < 1.29 is 9.90 Å². The van der Waals surface area contributed by atoms with E-state index in [1.165, 1.54) is 0 Å². The molecule has 0 aliphatic carbocycles. The molecule has 0 aromatic carbocycles. The van der Waals surface area contributed by atoms with Crippen molar-refractivity contribution in [2.24, 2.45) is 5.92 Å². The van der Waals surface area contributed by atoms with Crippen molar-refractivity contribution in [3.05, 3.63) is 0 Å². The Morgan fingerprint density at radius 2 is 2.33 bits per heavy atom. The Bertz CT molecular complexity index is 195. The molecule has 1 unspecified atom stereocenters. The van der Waals surface area contributed by atoms with Gasteiger partial charge >= 0.3 is 6.09 Å². The van der Waals surface area contributed by atoms with Crippen molar-refractivity contribution in [3.8, 4) is 0 Å². The zero-order valence-electron chi connectivity index (χ0n) is 6.99. The third-order valence-corrected chi connectivity index (χ3v) is 2.95. The van der Waals surface area contributed by atoms with E-state index in [1.54, 1.807) is 4.90 Å². The van der Waals surface area contributed by atoms with Crippen molar-refractivity contribution in [1.29, 1.82) is 0 Å². The van der Waals surface area contributed by atoms with Gasteiger partial charge < -0.3 is 15.3 Å². The number of hydrogen-bond donors (Lipinski definition) is 2. The second-order valence-electron chi connectivity index (χ2n) is 3.58. The summed E-state index contributed by atoms with van der Waals surface area (Å²) in [5, 5.41) is 12.2. The molecule has 2 aliphatic heterocycles. The Kier molecular flexibility index (Phi) is 1.92. The van der Waals surface area contributed by atoms with Gasteiger partial charge in [0.2, 0.25) is 0 Å². The molecule has 2 saturated heterocycles. The molecule has 2 rings (SSSR count). The molecule has 0 bridgehead atoms. The summed E-state index contributed by atoms with van der Waals surface area (Å²) in [7, 11) is 0. The number of nitrogens with one attached hydrogen (secondary N) is 1. The van der Waals surface area contributed by atoms with Gasteiger partial charge in [-0.25, -0.2) is 4.79 Å². The van der Waals surface area contributed by atoms with Gasteiger partial charge in [0.05, 0.1) is 0 Å². The normalized spacial score (nSPS) is 34.8. The number of hydrogen-bond acceptors (Lipinski definition) is 2. The van der Waals surface area contributed by atoms with Crippen LogP contribution in [0.5, 0.6) is 0 Å². The quantitative estimate of drug-likeness (QED) is 0.551. The first-order valence-corrected chi connectivity index (χ1v) is 4.49. The van der Waals surface area contributed by atoms with Crippen LogP contribution in [0.4, 0.5) is 4.79 Å². The summed E-state index contributed by atoms with van der Waals surface area (Å²) in [6.07, 6.45) is 1.27. The average molecular weight is 170 g/mol. The highest BCUT2D eigenvalue weighted by Crippen LogP contribution is 2.28. The van der Waals surface area contributed by atoms with E-state index in [0.29, 0.717) is 12.0 Å². The molecular formula is C8H14N2O2.